The molecule has 14 heavy (non-hydrogen) atoms. The van der Waals surface area contributed by atoms with Crippen molar-refractivity contribution < 1.29 is 14.6 Å². The Morgan fingerprint density at radius 2 is 2.36 bits per heavy atom. The van der Waals surface area contributed by atoms with Gasteiger partial charge in [0.1, 0.15) is 6.04 Å². The van der Waals surface area contributed by atoms with Crippen molar-refractivity contribution in [1.82, 2.24) is 5.32 Å². The van der Waals surface area contributed by atoms with Crippen LogP contribution in [0.4, 0.5) is 0 Å². The first kappa shape index (κ1) is 11.5. The van der Waals surface area contributed by atoms with Gasteiger partial charge in [0.2, 0.25) is 0 Å². The maximum atomic E-state index is 10.4. The number of nitrogens with one attached hydrogen (secondary N) is 1. The number of carboxylic acids is 1. The van der Waals surface area contributed by atoms with Crippen LogP contribution in [0.3, 0.4) is 0 Å². The molecule has 0 aliphatic heterocycles. The molecule has 0 aromatic rings. The number of hydrogen-bond donors (Lipinski definition) is 2. The fraction of sp³-hybridized carbons (Fsp3) is 0.900. The molecule has 4 nitrogen and oxygen atoms in total. The molecule has 1 unspecified atom stereocenters. The molecule has 0 bridgehead atoms. The van der Waals surface area contributed by atoms with E-state index in [-0.39, 0.29) is 0 Å². The van der Waals surface area contributed by atoms with Crippen LogP contribution in [0.15, 0.2) is 0 Å². The van der Waals surface area contributed by atoms with E-state index < -0.39 is 12.0 Å². The van der Waals surface area contributed by atoms with Crippen LogP contribution in [0.1, 0.15) is 26.2 Å². The van der Waals surface area contributed by atoms with E-state index in [1.54, 1.807) is 6.92 Å². The molecular weight excluding hydrogens is 182 g/mol. The van der Waals surface area contributed by atoms with Gasteiger partial charge in [-0.1, -0.05) is 0 Å². The van der Waals surface area contributed by atoms with Gasteiger partial charge in [0.05, 0.1) is 0 Å². The molecule has 1 saturated carbocycles. The van der Waals surface area contributed by atoms with Crippen LogP contribution in [0.5, 0.6) is 0 Å². The van der Waals surface area contributed by atoms with E-state index in [0.717, 1.165) is 25.6 Å². The molecule has 1 aliphatic rings. The molecule has 2 N–H and O–H groups in total. The van der Waals surface area contributed by atoms with Crippen LogP contribution in [-0.4, -0.2) is 36.9 Å². The molecule has 0 amide bonds. The third kappa shape index (κ3) is 5.19. The van der Waals surface area contributed by atoms with Gasteiger partial charge in [0, 0.05) is 13.2 Å². The zero-order chi connectivity index (χ0) is 10.4. The average molecular weight is 201 g/mol. The number of hydrogen-bond acceptors (Lipinski definition) is 3. The van der Waals surface area contributed by atoms with Crippen LogP contribution in [-0.2, 0) is 9.53 Å². The van der Waals surface area contributed by atoms with E-state index in [2.05, 4.69) is 5.32 Å². The molecule has 0 spiro atoms. The summed E-state index contributed by atoms with van der Waals surface area (Å²) in [7, 11) is 0. The van der Waals surface area contributed by atoms with Crippen molar-refractivity contribution in [2.75, 3.05) is 19.8 Å². The number of ether oxygens (including phenoxy) is 1. The van der Waals surface area contributed by atoms with Crippen molar-refractivity contribution in [2.45, 2.75) is 32.2 Å². The van der Waals surface area contributed by atoms with Gasteiger partial charge in [0.15, 0.2) is 0 Å². The van der Waals surface area contributed by atoms with Crippen LogP contribution in [0, 0.1) is 5.92 Å². The molecule has 0 aromatic carbocycles. The Morgan fingerprint density at radius 3 is 2.93 bits per heavy atom. The summed E-state index contributed by atoms with van der Waals surface area (Å²) in [5, 5.41) is 11.5. The summed E-state index contributed by atoms with van der Waals surface area (Å²) < 4.78 is 5.41. The predicted octanol–water partition coefficient (Wildman–Crippen LogP) is 0.866. The topological polar surface area (TPSA) is 58.6 Å². The maximum absolute atomic E-state index is 10.4. The number of aliphatic carboxylic acids is 1. The average Bonchev–Trinajstić information content (AvgIpc) is 2.94. The van der Waals surface area contributed by atoms with Gasteiger partial charge in [-0.25, -0.2) is 0 Å². The zero-order valence-corrected chi connectivity index (χ0v) is 8.66. The van der Waals surface area contributed by atoms with E-state index in [1.165, 1.54) is 12.8 Å². The van der Waals surface area contributed by atoms with Crippen LogP contribution in [0.2, 0.25) is 0 Å². The van der Waals surface area contributed by atoms with Crippen LogP contribution >= 0.6 is 0 Å². The summed E-state index contributed by atoms with van der Waals surface area (Å²) in [6, 6.07) is -0.460. The fourth-order valence-electron chi connectivity index (χ4n) is 1.11. The Kier molecular flexibility index (Phi) is 4.90. The highest BCUT2D eigenvalue weighted by Gasteiger charge is 2.20. The van der Waals surface area contributed by atoms with Crippen molar-refractivity contribution in [2.24, 2.45) is 5.92 Å². The molecular formula is C10H19NO3. The smallest absolute Gasteiger partial charge is 0.320 e. The minimum Gasteiger partial charge on any atom is -0.480 e. The Hall–Kier alpha value is -0.610. The standard InChI is InChI=1S/C10H19NO3/c1-8(10(12)13)11-5-2-6-14-7-9-3-4-9/h8-9,11H,2-7H2,1H3,(H,12,13). The third-order valence-electron chi connectivity index (χ3n) is 2.34. The first-order valence-electron chi connectivity index (χ1n) is 5.24. The van der Waals surface area contributed by atoms with E-state index in [4.69, 9.17) is 9.84 Å². The van der Waals surface area contributed by atoms with Gasteiger partial charge in [-0.05, 0) is 38.6 Å². The highest BCUT2D eigenvalue weighted by atomic mass is 16.5. The van der Waals surface area contributed by atoms with Crippen molar-refractivity contribution >= 4 is 5.97 Å². The number of carbonyl (C=O) groups is 1. The van der Waals surface area contributed by atoms with Crippen molar-refractivity contribution in [3.8, 4) is 0 Å². The molecule has 0 aromatic heterocycles. The van der Waals surface area contributed by atoms with E-state index in [0.29, 0.717) is 6.54 Å². The highest BCUT2D eigenvalue weighted by molar-refractivity contribution is 5.72. The monoisotopic (exact) mass is 201 g/mol. The number of rotatable bonds is 8. The van der Waals surface area contributed by atoms with Crippen LogP contribution < -0.4 is 5.32 Å². The lowest BCUT2D eigenvalue weighted by molar-refractivity contribution is -0.139. The molecule has 1 atom stereocenters. The Labute approximate surface area is 84.6 Å². The lowest BCUT2D eigenvalue weighted by atomic mass is 10.3. The van der Waals surface area contributed by atoms with E-state index in [1.807, 2.05) is 0 Å². The SMILES string of the molecule is CC(NCCCOCC1CC1)C(=O)O. The maximum Gasteiger partial charge on any atom is 0.320 e. The van der Waals surface area contributed by atoms with Crippen molar-refractivity contribution in [1.29, 1.82) is 0 Å². The van der Waals surface area contributed by atoms with Gasteiger partial charge < -0.3 is 15.2 Å². The molecule has 0 saturated heterocycles. The molecule has 4 heteroatoms. The van der Waals surface area contributed by atoms with E-state index >= 15 is 0 Å². The van der Waals surface area contributed by atoms with Gasteiger partial charge in [-0.3, -0.25) is 4.79 Å². The zero-order valence-electron chi connectivity index (χ0n) is 8.66. The first-order chi connectivity index (χ1) is 6.70. The summed E-state index contributed by atoms with van der Waals surface area (Å²) >= 11 is 0. The molecule has 1 aliphatic carbocycles. The molecule has 82 valence electrons. The third-order valence-corrected chi connectivity index (χ3v) is 2.34. The predicted molar refractivity (Wildman–Crippen MR) is 53.3 cm³/mol. The highest BCUT2D eigenvalue weighted by Crippen LogP contribution is 2.28. The van der Waals surface area contributed by atoms with Crippen molar-refractivity contribution in [3.05, 3.63) is 0 Å². The quantitative estimate of drug-likeness (QED) is 0.572. The lowest BCUT2D eigenvalue weighted by Crippen LogP contribution is -2.34. The second-order valence-electron chi connectivity index (χ2n) is 3.89. The van der Waals surface area contributed by atoms with E-state index in [9.17, 15) is 4.79 Å². The lowest BCUT2D eigenvalue weighted by Gasteiger charge is -2.08. The minimum absolute atomic E-state index is 0.460. The van der Waals surface area contributed by atoms with Gasteiger partial charge in [-0.2, -0.15) is 0 Å². The molecule has 0 heterocycles. The Balaban J connectivity index is 1.80. The van der Waals surface area contributed by atoms with Crippen LogP contribution in [0.25, 0.3) is 0 Å². The fourth-order valence-corrected chi connectivity index (χ4v) is 1.11. The van der Waals surface area contributed by atoms with Gasteiger partial charge in [0.25, 0.3) is 0 Å². The molecule has 1 rings (SSSR count). The van der Waals surface area contributed by atoms with Gasteiger partial charge in [-0.15, -0.1) is 0 Å². The summed E-state index contributed by atoms with van der Waals surface area (Å²) in [6.07, 6.45) is 3.51. The Morgan fingerprint density at radius 1 is 1.64 bits per heavy atom. The summed E-state index contributed by atoms with van der Waals surface area (Å²) in [4.78, 5) is 10.4. The largest absolute Gasteiger partial charge is 0.480 e. The molecule has 0 radical (unpaired) electrons. The second kappa shape index (κ2) is 5.98. The summed E-state index contributed by atoms with van der Waals surface area (Å²) in [6.45, 7) is 3.97. The second-order valence-corrected chi connectivity index (χ2v) is 3.89. The number of carboxylic acid groups (broad SMARTS) is 1. The van der Waals surface area contributed by atoms with Gasteiger partial charge >= 0.3 is 5.97 Å². The minimum atomic E-state index is -0.802. The van der Waals surface area contributed by atoms with Crippen molar-refractivity contribution in [3.63, 3.8) is 0 Å². The summed E-state index contributed by atoms with van der Waals surface area (Å²) in [5.41, 5.74) is 0. The Bertz CT molecular complexity index is 180. The first-order valence-corrected chi connectivity index (χ1v) is 5.24. The summed E-state index contributed by atoms with van der Waals surface area (Å²) in [5.74, 6) is 0.00445. The molecule has 1 fully saturated rings. The normalized spacial score (nSPS) is 18.1.